The first kappa shape index (κ1) is 42.1. The summed E-state index contributed by atoms with van der Waals surface area (Å²) >= 11 is 0. The molecule has 2 aliphatic heterocycles. The zero-order chi connectivity index (χ0) is 42.7. The lowest BCUT2D eigenvalue weighted by molar-refractivity contribution is -0.172. The Bertz CT molecular complexity index is 2440. The molecule has 17 heteroatoms. The van der Waals surface area contributed by atoms with Crippen molar-refractivity contribution in [2.75, 3.05) is 33.0 Å². The molecule has 7 rings (SSSR count). The second-order valence-electron chi connectivity index (χ2n) is 15.4. The average Bonchev–Trinajstić information content (AvgIpc) is 3.62. The zero-order valence-corrected chi connectivity index (χ0v) is 33.5. The van der Waals surface area contributed by atoms with Crippen molar-refractivity contribution in [2.45, 2.75) is 83.1 Å². The molecule has 0 fully saturated rings. The molecular formula is C43H48FN7O9. The van der Waals surface area contributed by atoms with Gasteiger partial charge in [0.2, 0.25) is 23.6 Å². The third kappa shape index (κ3) is 8.24. The fraction of sp³-hybridized carbons (Fsp3) is 0.419. The molecule has 16 nitrogen and oxygen atoms in total. The standard InChI is InChI=1S/C43H48FN7O9/c1-3-43(58)29-15-33-39-27(20-51(33)41(56)28(29)21-60-42(43)57)37-25(11-12-26-23(2)30(44)16-31(50-39)38(26)37)10-7-13-59-22-48-35(53)18-47-40(55)32(14-24-8-5-4-6-9-24)49-36(54)19-46-34(52)17-45/h4-6,8-9,15-16,25,32,58H,3,7,10-14,17-22,45H2,1-2H3,(H,46,52)(H,47,55)(H,48,53)(H,49,54)/t25?,32-,43-/m0/s1. The van der Waals surface area contributed by atoms with Crippen molar-refractivity contribution in [3.63, 3.8) is 0 Å². The number of ether oxygens (including phenoxy) is 2. The zero-order valence-electron chi connectivity index (χ0n) is 33.5. The number of nitrogens with two attached hydrogens (primary N) is 1. The van der Waals surface area contributed by atoms with Crippen LogP contribution in [0.5, 0.6) is 0 Å². The number of benzene rings is 2. The third-order valence-electron chi connectivity index (χ3n) is 11.7. The van der Waals surface area contributed by atoms with Crippen LogP contribution in [0, 0.1) is 12.7 Å². The Hall–Kier alpha value is -6.04. The van der Waals surface area contributed by atoms with Gasteiger partial charge in [-0.05, 0) is 73.3 Å². The van der Waals surface area contributed by atoms with Crippen LogP contribution in [0.1, 0.15) is 77.5 Å². The first-order chi connectivity index (χ1) is 28.8. The Morgan fingerprint density at radius 1 is 1.05 bits per heavy atom. The quantitative estimate of drug-likeness (QED) is 0.0472. The summed E-state index contributed by atoms with van der Waals surface area (Å²) in [5.74, 6) is -3.36. The van der Waals surface area contributed by atoms with Crippen LogP contribution in [0.3, 0.4) is 0 Å². The molecule has 0 saturated heterocycles. The number of aryl methyl sites for hydroxylation is 1. The van der Waals surface area contributed by atoms with Gasteiger partial charge in [0.25, 0.3) is 5.56 Å². The van der Waals surface area contributed by atoms with Crippen molar-refractivity contribution in [1.82, 2.24) is 30.8 Å². The van der Waals surface area contributed by atoms with Crippen LogP contribution < -0.4 is 32.6 Å². The molecule has 0 saturated carbocycles. The van der Waals surface area contributed by atoms with Crippen molar-refractivity contribution in [3.8, 4) is 11.4 Å². The maximum Gasteiger partial charge on any atom is 0.343 e. The van der Waals surface area contributed by atoms with Crippen molar-refractivity contribution < 1.29 is 42.9 Å². The van der Waals surface area contributed by atoms with Crippen LogP contribution in [-0.4, -0.2) is 83.3 Å². The topological polar surface area (TPSA) is 233 Å². The van der Waals surface area contributed by atoms with E-state index in [9.17, 15) is 33.9 Å². The van der Waals surface area contributed by atoms with Crippen molar-refractivity contribution >= 4 is 40.5 Å². The van der Waals surface area contributed by atoms with Gasteiger partial charge in [0, 0.05) is 35.6 Å². The minimum absolute atomic E-state index is 0.0139. The van der Waals surface area contributed by atoms with Crippen LogP contribution in [0.2, 0.25) is 0 Å². The molecule has 3 atom stereocenters. The summed E-state index contributed by atoms with van der Waals surface area (Å²) in [5.41, 5.74) is 8.91. The summed E-state index contributed by atoms with van der Waals surface area (Å²) in [5, 5.41) is 22.3. The monoisotopic (exact) mass is 825 g/mol. The highest BCUT2D eigenvalue weighted by Gasteiger charge is 2.46. The van der Waals surface area contributed by atoms with Gasteiger partial charge in [-0.3, -0.25) is 24.0 Å². The number of pyridine rings is 2. The number of hydrogen-bond donors (Lipinski definition) is 6. The van der Waals surface area contributed by atoms with Crippen molar-refractivity contribution in [3.05, 3.63) is 97.6 Å². The van der Waals surface area contributed by atoms with Crippen LogP contribution in [-0.2, 0) is 65.0 Å². The van der Waals surface area contributed by atoms with E-state index in [0.717, 1.165) is 34.1 Å². The Kier molecular flexibility index (Phi) is 12.4. The van der Waals surface area contributed by atoms with E-state index in [1.807, 2.05) is 6.07 Å². The Balaban J connectivity index is 0.979. The summed E-state index contributed by atoms with van der Waals surface area (Å²) < 4.78 is 27.9. The second kappa shape index (κ2) is 17.7. The molecule has 0 radical (unpaired) electrons. The second-order valence-corrected chi connectivity index (χ2v) is 15.4. The number of rotatable bonds is 16. The van der Waals surface area contributed by atoms with E-state index >= 15 is 4.39 Å². The van der Waals surface area contributed by atoms with Crippen LogP contribution in [0.4, 0.5) is 4.39 Å². The Morgan fingerprint density at radius 2 is 1.82 bits per heavy atom. The van der Waals surface area contributed by atoms with Gasteiger partial charge in [0.15, 0.2) is 5.60 Å². The number of amides is 4. The predicted octanol–water partition coefficient (Wildman–Crippen LogP) is 1.35. The highest BCUT2D eigenvalue weighted by Crippen LogP contribution is 2.47. The van der Waals surface area contributed by atoms with Gasteiger partial charge in [-0.15, -0.1) is 0 Å². The molecule has 7 N–H and O–H groups in total. The number of hydrogen-bond acceptors (Lipinski definition) is 11. The predicted molar refractivity (Wildman–Crippen MR) is 216 cm³/mol. The van der Waals surface area contributed by atoms with Gasteiger partial charge in [0.05, 0.1) is 48.6 Å². The van der Waals surface area contributed by atoms with Gasteiger partial charge in [0.1, 0.15) is 25.2 Å². The van der Waals surface area contributed by atoms with E-state index in [1.54, 1.807) is 48.7 Å². The third-order valence-corrected chi connectivity index (χ3v) is 11.7. The largest absolute Gasteiger partial charge is 0.458 e. The normalized spacial score (nSPS) is 17.8. The number of esters is 1. The molecule has 60 heavy (non-hydrogen) atoms. The number of cyclic esters (lactones) is 1. The van der Waals surface area contributed by atoms with Crippen LogP contribution in [0.15, 0.2) is 47.3 Å². The van der Waals surface area contributed by atoms with Gasteiger partial charge in [-0.2, -0.15) is 0 Å². The first-order valence-electron chi connectivity index (χ1n) is 20.1. The highest BCUT2D eigenvalue weighted by molar-refractivity contribution is 5.94. The molecule has 0 spiro atoms. The molecule has 2 aromatic heterocycles. The highest BCUT2D eigenvalue weighted by atomic mass is 19.1. The summed E-state index contributed by atoms with van der Waals surface area (Å²) in [6.07, 6.45) is 2.84. The number of fused-ring (bicyclic) bond motifs is 5. The van der Waals surface area contributed by atoms with Gasteiger partial charge in [-0.1, -0.05) is 37.3 Å². The van der Waals surface area contributed by atoms with E-state index < -0.39 is 41.2 Å². The van der Waals surface area contributed by atoms with E-state index in [-0.39, 0.29) is 80.8 Å². The Morgan fingerprint density at radius 3 is 2.57 bits per heavy atom. The van der Waals surface area contributed by atoms with E-state index in [4.69, 9.17) is 20.2 Å². The Labute approximate surface area is 344 Å². The van der Waals surface area contributed by atoms with Crippen LogP contribution in [0.25, 0.3) is 22.3 Å². The minimum atomic E-state index is -1.97. The maximum atomic E-state index is 15.3. The molecule has 0 bridgehead atoms. The number of aromatic nitrogens is 2. The van der Waals surface area contributed by atoms with Crippen molar-refractivity contribution in [2.24, 2.45) is 5.73 Å². The molecule has 4 heterocycles. The SMILES string of the molecule is CC[C@@]1(O)C(=O)OCc2c1cc1n(c2=O)Cc2c-1nc1cc(F)c(C)c3c1c2C(CCCOCNC(=O)CNC(=O)[C@H](Cc1ccccc1)NC(=O)CNC(=O)CN)CC3. The molecule has 4 amide bonds. The smallest absolute Gasteiger partial charge is 0.343 e. The van der Waals surface area contributed by atoms with E-state index in [1.165, 1.54) is 6.07 Å². The number of halogens is 1. The molecule has 2 aromatic carbocycles. The molecule has 1 aliphatic carbocycles. The van der Waals surface area contributed by atoms with Gasteiger partial charge in [-0.25, -0.2) is 14.2 Å². The first-order valence-corrected chi connectivity index (χ1v) is 20.1. The van der Waals surface area contributed by atoms with Gasteiger partial charge >= 0.3 is 5.97 Å². The number of nitrogens with zero attached hydrogens (tertiary/aromatic N) is 2. The summed E-state index contributed by atoms with van der Waals surface area (Å²) in [4.78, 5) is 81.2. The summed E-state index contributed by atoms with van der Waals surface area (Å²) in [7, 11) is 0. The summed E-state index contributed by atoms with van der Waals surface area (Å²) in [6.45, 7) is 2.57. The lowest BCUT2D eigenvalue weighted by Gasteiger charge is -2.31. The maximum absolute atomic E-state index is 15.3. The number of aliphatic hydroxyl groups is 1. The number of carbonyl (C=O) groups excluding carboxylic acids is 5. The van der Waals surface area contributed by atoms with E-state index in [2.05, 4.69) is 21.3 Å². The molecule has 1 unspecified atom stereocenters. The van der Waals surface area contributed by atoms with Crippen LogP contribution >= 0.6 is 0 Å². The van der Waals surface area contributed by atoms with Gasteiger partial charge < -0.3 is 46.1 Å². The average molecular weight is 826 g/mol. The van der Waals surface area contributed by atoms with E-state index in [0.29, 0.717) is 48.3 Å². The lowest BCUT2D eigenvalue weighted by Crippen LogP contribution is -2.52. The molecule has 4 aromatic rings. The fourth-order valence-electron chi connectivity index (χ4n) is 8.48. The minimum Gasteiger partial charge on any atom is -0.458 e. The summed E-state index contributed by atoms with van der Waals surface area (Å²) in [6, 6.07) is 11.1. The van der Waals surface area contributed by atoms with Crippen molar-refractivity contribution in [1.29, 1.82) is 0 Å². The number of nitrogens with one attached hydrogen (secondary N) is 4. The fourth-order valence-corrected chi connectivity index (χ4v) is 8.48. The lowest BCUT2D eigenvalue weighted by atomic mass is 9.76. The molecular weight excluding hydrogens is 778 g/mol. The molecule has 316 valence electrons. The number of carbonyl (C=O) groups is 5. The molecule has 3 aliphatic rings.